The van der Waals surface area contributed by atoms with E-state index in [1.54, 1.807) is 9.80 Å². The third-order valence-corrected chi connectivity index (χ3v) is 11.9. The number of hydrogen-bond acceptors (Lipinski definition) is 9. The lowest BCUT2D eigenvalue weighted by Crippen LogP contribution is -2.70. The first-order chi connectivity index (χ1) is 32.4. The van der Waals surface area contributed by atoms with Crippen molar-refractivity contribution in [3.8, 4) is 0 Å². The molecular weight excluding hydrogens is 845 g/mol. The van der Waals surface area contributed by atoms with Crippen LogP contribution in [0.4, 0.5) is 9.59 Å². The normalized spacial score (nSPS) is 21.6. The quantitative estimate of drug-likeness (QED) is 0.0749. The third-order valence-electron chi connectivity index (χ3n) is 11.9. The van der Waals surface area contributed by atoms with E-state index in [1.165, 1.54) is 0 Å². The molecule has 2 amide bonds. The predicted octanol–water partition coefficient (Wildman–Crippen LogP) is 11.1. The largest absolute Gasteiger partial charge is 0.445 e. The Hall–Kier alpha value is -5.82. The molecule has 7 rings (SSSR count). The molecule has 0 aliphatic carbocycles. The smallest absolute Gasteiger partial charge is 0.412 e. The highest BCUT2D eigenvalue weighted by atomic mass is 16.6. The first-order valence-corrected chi connectivity index (χ1v) is 23.3. The van der Waals surface area contributed by atoms with Crippen molar-refractivity contribution in [1.82, 2.24) is 9.80 Å². The Morgan fingerprint density at radius 3 is 1.46 bits per heavy atom. The molecule has 0 radical (unpaired) electrons. The second-order valence-corrected chi connectivity index (χ2v) is 18.6. The van der Waals surface area contributed by atoms with Crippen LogP contribution in [0.3, 0.4) is 0 Å². The van der Waals surface area contributed by atoms with Gasteiger partial charge in [-0.1, -0.05) is 164 Å². The van der Waals surface area contributed by atoms with E-state index in [0.717, 1.165) is 27.8 Å². The lowest BCUT2D eigenvalue weighted by Gasteiger charge is -2.52. The van der Waals surface area contributed by atoms with Gasteiger partial charge in [-0.15, -0.1) is 0 Å². The van der Waals surface area contributed by atoms with Crippen LogP contribution < -0.4 is 0 Å². The maximum absolute atomic E-state index is 15.1. The number of piperidine rings is 1. The van der Waals surface area contributed by atoms with E-state index < -0.39 is 53.9 Å². The predicted molar refractivity (Wildman–Crippen MR) is 257 cm³/mol. The minimum absolute atomic E-state index is 0.0628. The summed E-state index contributed by atoms with van der Waals surface area (Å²) in [5.74, 6) is 0. The van der Waals surface area contributed by atoms with Crippen molar-refractivity contribution < 1.29 is 42.7 Å². The second-order valence-electron chi connectivity index (χ2n) is 18.6. The molecule has 2 aliphatic rings. The fraction of sp³-hybridized carbons (Fsp3) is 0.393. The Balaban J connectivity index is 1.28. The fourth-order valence-electron chi connectivity index (χ4n) is 8.67. The number of carbonyl (C=O) groups is 2. The zero-order chi connectivity index (χ0) is 47.1. The van der Waals surface area contributed by atoms with Crippen molar-refractivity contribution in [2.45, 2.75) is 128 Å². The highest BCUT2D eigenvalue weighted by molar-refractivity contribution is 5.70. The summed E-state index contributed by atoms with van der Waals surface area (Å²) in [5.41, 5.74) is 3.25. The van der Waals surface area contributed by atoms with Gasteiger partial charge in [0, 0.05) is 0 Å². The van der Waals surface area contributed by atoms with E-state index in [-0.39, 0.29) is 39.1 Å². The molecule has 6 atom stereocenters. The van der Waals surface area contributed by atoms with Crippen molar-refractivity contribution in [3.05, 3.63) is 192 Å². The van der Waals surface area contributed by atoms with Gasteiger partial charge in [0.1, 0.15) is 36.2 Å². The molecule has 0 N–H and O–H groups in total. The first-order valence-electron chi connectivity index (χ1n) is 23.3. The molecule has 67 heavy (non-hydrogen) atoms. The Kier molecular flexibility index (Phi) is 17.4. The molecule has 2 aliphatic heterocycles. The van der Waals surface area contributed by atoms with Gasteiger partial charge in [-0.25, -0.2) is 9.59 Å². The van der Waals surface area contributed by atoms with Crippen LogP contribution in [0.15, 0.2) is 164 Å². The lowest BCUT2D eigenvalue weighted by atomic mass is 9.85. The van der Waals surface area contributed by atoms with Crippen LogP contribution in [0.2, 0.25) is 0 Å². The second kappa shape index (κ2) is 23.8. The van der Waals surface area contributed by atoms with E-state index in [1.807, 2.05) is 192 Å². The molecule has 11 heteroatoms. The monoisotopic (exact) mass is 910 g/mol. The number of likely N-dealkylation sites (tertiary alicyclic amines) is 1. The first kappa shape index (κ1) is 49.1. The molecule has 0 unspecified atom stereocenters. The molecule has 0 saturated carbocycles. The van der Waals surface area contributed by atoms with Gasteiger partial charge in [0.2, 0.25) is 0 Å². The van der Waals surface area contributed by atoms with Crippen LogP contribution in [-0.4, -0.2) is 83.0 Å². The molecule has 2 heterocycles. The fourth-order valence-corrected chi connectivity index (χ4v) is 8.67. The number of nitrogens with zero attached hydrogens (tertiary/aromatic N) is 2. The van der Waals surface area contributed by atoms with E-state index in [4.69, 9.17) is 33.2 Å². The summed E-state index contributed by atoms with van der Waals surface area (Å²) in [5, 5.41) is 0. The Morgan fingerprint density at radius 1 is 0.567 bits per heavy atom. The maximum atomic E-state index is 15.1. The van der Waals surface area contributed by atoms with Gasteiger partial charge in [-0.2, -0.15) is 0 Å². The number of rotatable bonds is 19. The number of amides is 2. The molecule has 2 saturated heterocycles. The zero-order valence-electron chi connectivity index (χ0n) is 39.5. The van der Waals surface area contributed by atoms with Crippen molar-refractivity contribution in [3.63, 3.8) is 0 Å². The average molecular weight is 911 g/mol. The van der Waals surface area contributed by atoms with E-state index in [0.29, 0.717) is 26.1 Å². The Morgan fingerprint density at radius 2 is 0.985 bits per heavy atom. The van der Waals surface area contributed by atoms with E-state index >= 15 is 4.79 Å². The number of ether oxygens (including phenoxy) is 7. The summed E-state index contributed by atoms with van der Waals surface area (Å²) in [4.78, 5) is 32.1. The SMILES string of the molecule is CC(C)(C)OC(=O)N1[C@@H](C/C=C/C[C@H]2[C@H](OCc3ccccc3)[C@@H](OCc3ccccc3)[C@H](OCc3ccccc3)[C@H](COCc3ccccc3)N2C(=O)OCc2ccccc2)COC1(C)C. The summed E-state index contributed by atoms with van der Waals surface area (Å²) in [7, 11) is 0. The van der Waals surface area contributed by atoms with Gasteiger partial charge in [0.15, 0.2) is 0 Å². The summed E-state index contributed by atoms with van der Waals surface area (Å²) in [6, 6.07) is 48.0. The standard InChI is InChI=1S/C56H66N2O9/c1-55(2,3)67-54(60)58-47(40-66-56(58,4)5)33-21-22-34-48-50(62-36-43-25-13-7-14-26-43)52(64-38-45-29-17-9-18-30-45)51(63-37-44-27-15-8-16-28-44)49(41-61-35-42-23-11-6-12-24-42)57(48)53(59)65-39-46-31-19-10-20-32-46/h6-32,47-52H,33-41H2,1-5H3/b22-21+/t47-,48-,49-,50-,51+,52+/m0/s1. The number of carbonyl (C=O) groups excluding carboxylic acids is 2. The van der Waals surface area contributed by atoms with Crippen molar-refractivity contribution >= 4 is 12.2 Å². The molecule has 11 nitrogen and oxygen atoms in total. The maximum Gasteiger partial charge on any atom is 0.412 e. The van der Waals surface area contributed by atoms with Crippen molar-refractivity contribution in [2.24, 2.45) is 0 Å². The van der Waals surface area contributed by atoms with Crippen LogP contribution in [0.1, 0.15) is 75.3 Å². The molecule has 354 valence electrons. The number of benzene rings is 5. The van der Waals surface area contributed by atoms with Gasteiger partial charge >= 0.3 is 12.2 Å². The topological polar surface area (TPSA) is 105 Å². The van der Waals surface area contributed by atoms with Crippen LogP contribution >= 0.6 is 0 Å². The summed E-state index contributed by atoms with van der Waals surface area (Å²) >= 11 is 0. The van der Waals surface area contributed by atoms with E-state index in [2.05, 4.69) is 6.08 Å². The highest BCUT2D eigenvalue weighted by Gasteiger charge is 2.54. The van der Waals surface area contributed by atoms with Gasteiger partial charge in [-0.05, 0) is 75.3 Å². The lowest BCUT2D eigenvalue weighted by molar-refractivity contribution is -0.222. The Bertz CT molecular complexity index is 2270. The van der Waals surface area contributed by atoms with Crippen molar-refractivity contribution in [2.75, 3.05) is 13.2 Å². The average Bonchev–Trinajstić information content (AvgIpc) is 3.64. The van der Waals surface area contributed by atoms with Crippen LogP contribution in [0, 0.1) is 0 Å². The van der Waals surface area contributed by atoms with Gasteiger partial charge in [0.05, 0.1) is 57.8 Å². The summed E-state index contributed by atoms with van der Waals surface area (Å²) < 4.78 is 46.0. The van der Waals surface area contributed by atoms with Crippen LogP contribution in [0.5, 0.6) is 0 Å². The molecule has 2 fully saturated rings. The minimum Gasteiger partial charge on any atom is -0.445 e. The number of hydrogen-bond donors (Lipinski definition) is 0. The van der Waals surface area contributed by atoms with Crippen LogP contribution in [-0.2, 0) is 66.2 Å². The molecule has 5 aromatic carbocycles. The van der Waals surface area contributed by atoms with Crippen molar-refractivity contribution in [1.29, 1.82) is 0 Å². The molecule has 5 aromatic rings. The third kappa shape index (κ3) is 14.1. The van der Waals surface area contributed by atoms with E-state index in [9.17, 15) is 4.79 Å². The highest BCUT2D eigenvalue weighted by Crippen LogP contribution is 2.36. The Labute approximate surface area is 396 Å². The molecule has 0 aromatic heterocycles. The summed E-state index contributed by atoms with van der Waals surface area (Å²) in [6.45, 7) is 10.9. The van der Waals surface area contributed by atoms with Gasteiger partial charge < -0.3 is 33.2 Å². The van der Waals surface area contributed by atoms with Crippen LogP contribution in [0.25, 0.3) is 0 Å². The minimum atomic E-state index is -0.856. The molecule has 0 bridgehead atoms. The molecular formula is C56H66N2O9. The molecule has 0 spiro atoms. The summed E-state index contributed by atoms with van der Waals surface area (Å²) in [6.07, 6.45) is 1.87. The van der Waals surface area contributed by atoms with Gasteiger partial charge in [-0.3, -0.25) is 9.80 Å². The zero-order valence-corrected chi connectivity index (χ0v) is 39.5. The van der Waals surface area contributed by atoms with Gasteiger partial charge in [0.25, 0.3) is 0 Å².